The number of hydrogen-bond donors (Lipinski definition) is 0. The van der Waals surface area contributed by atoms with Crippen molar-refractivity contribution in [1.82, 2.24) is 14.9 Å². The predicted molar refractivity (Wildman–Crippen MR) is 92.8 cm³/mol. The predicted octanol–water partition coefficient (Wildman–Crippen LogP) is 3.68. The van der Waals surface area contributed by atoms with E-state index in [0.29, 0.717) is 11.7 Å². The highest BCUT2D eigenvalue weighted by Crippen LogP contribution is 2.26. The molecule has 0 aliphatic heterocycles. The molecule has 1 heterocycles. The third-order valence-electron chi connectivity index (χ3n) is 4.74. The molecule has 120 valence electrons. The highest BCUT2D eigenvalue weighted by Gasteiger charge is 2.23. The van der Waals surface area contributed by atoms with Gasteiger partial charge in [-0.2, -0.15) is 0 Å². The van der Waals surface area contributed by atoms with E-state index in [2.05, 4.69) is 16.9 Å². The second kappa shape index (κ2) is 6.90. The van der Waals surface area contributed by atoms with Crippen molar-refractivity contribution in [3.05, 3.63) is 42.2 Å². The van der Waals surface area contributed by atoms with Crippen molar-refractivity contribution in [3.63, 3.8) is 0 Å². The third kappa shape index (κ3) is 3.76. The van der Waals surface area contributed by atoms with Crippen LogP contribution in [0.15, 0.2) is 36.5 Å². The van der Waals surface area contributed by atoms with Gasteiger partial charge in [0, 0.05) is 19.2 Å². The highest BCUT2D eigenvalue weighted by atomic mass is 16.2. The Balaban J connectivity index is 1.67. The summed E-state index contributed by atoms with van der Waals surface area (Å²) in [6, 6.07) is 8.10. The van der Waals surface area contributed by atoms with Crippen LogP contribution in [0.5, 0.6) is 0 Å². The van der Waals surface area contributed by atoms with Crippen LogP contribution >= 0.6 is 0 Å². The van der Waals surface area contributed by atoms with Crippen molar-refractivity contribution >= 4 is 23.0 Å². The Morgan fingerprint density at radius 3 is 2.61 bits per heavy atom. The van der Waals surface area contributed by atoms with E-state index in [0.717, 1.165) is 29.8 Å². The van der Waals surface area contributed by atoms with Crippen LogP contribution in [-0.4, -0.2) is 33.9 Å². The zero-order valence-corrected chi connectivity index (χ0v) is 13.8. The average Bonchev–Trinajstić information content (AvgIpc) is 2.59. The zero-order valence-electron chi connectivity index (χ0n) is 13.8. The number of fused-ring (bicyclic) bond motifs is 1. The zero-order chi connectivity index (χ0) is 16.2. The lowest BCUT2D eigenvalue weighted by molar-refractivity contribution is -0.127. The van der Waals surface area contributed by atoms with E-state index in [9.17, 15) is 4.79 Å². The summed E-state index contributed by atoms with van der Waals surface area (Å²) in [6.45, 7) is 2.29. The Labute approximate surface area is 137 Å². The molecule has 23 heavy (non-hydrogen) atoms. The Bertz CT molecular complexity index is 717. The Morgan fingerprint density at radius 2 is 1.87 bits per heavy atom. The summed E-state index contributed by atoms with van der Waals surface area (Å²) in [6.07, 6.45) is 9.69. The number of rotatable bonds is 3. The number of aromatic nitrogens is 2. The van der Waals surface area contributed by atoms with E-state index >= 15 is 0 Å². The van der Waals surface area contributed by atoms with Gasteiger partial charge in [-0.15, -0.1) is 0 Å². The van der Waals surface area contributed by atoms with Gasteiger partial charge in [0.15, 0.2) is 0 Å². The van der Waals surface area contributed by atoms with Gasteiger partial charge in [0.1, 0.15) is 0 Å². The maximum Gasteiger partial charge on any atom is 0.246 e. The number of benzene rings is 1. The summed E-state index contributed by atoms with van der Waals surface area (Å²) in [5.74, 6) is 0.831. The van der Waals surface area contributed by atoms with Gasteiger partial charge in [-0.1, -0.05) is 19.1 Å². The molecular weight excluding hydrogens is 286 g/mol. The molecular formula is C19H23N3O. The van der Waals surface area contributed by atoms with Crippen molar-refractivity contribution < 1.29 is 4.79 Å². The fourth-order valence-electron chi connectivity index (χ4n) is 3.14. The van der Waals surface area contributed by atoms with Crippen molar-refractivity contribution in [2.75, 3.05) is 7.05 Å². The number of hydrogen-bond acceptors (Lipinski definition) is 3. The minimum atomic E-state index is 0.0412. The van der Waals surface area contributed by atoms with Gasteiger partial charge in [0.25, 0.3) is 0 Å². The van der Waals surface area contributed by atoms with Crippen LogP contribution in [0.2, 0.25) is 0 Å². The normalized spacial score (nSPS) is 21.7. The smallest absolute Gasteiger partial charge is 0.246 e. The Hall–Kier alpha value is -2.23. The maximum atomic E-state index is 12.4. The summed E-state index contributed by atoms with van der Waals surface area (Å²) in [5.41, 5.74) is 2.42. The molecule has 1 aromatic heterocycles. The molecule has 3 rings (SSSR count). The van der Waals surface area contributed by atoms with E-state index in [1.54, 1.807) is 18.3 Å². The van der Waals surface area contributed by atoms with Gasteiger partial charge < -0.3 is 4.90 Å². The summed E-state index contributed by atoms with van der Waals surface area (Å²) < 4.78 is 0. The van der Waals surface area contributed by atoms with Gasteiger partial charge in [-0.05, 0) is 49.8 Å². The minimum Gasteiger partial charge on any atom is -0.339 e. The summed E-state index contributed by atoms with van der Waals surface area (Å²) in [5, 5.41) is 0. The monoisotopic (exact) mass is 309 g/mol. The molecule has 1 aliphatic rings. The van der Waals surface area contributed by atoms with Gasteiger partial charge in [0.2, 0.25) is 5.91 Å². The first-order valence-electron chi connectivity index (χ1n) is 8.30. The van der Waals surface area contributed by atoms with Gasteiger partial charge in [0.05, 0.1) is 22.9 Å². The molecule has 4 heteroatoms. The lowest BCUT2D eigenvalue weighted by atomic mass is 9.87. The molecule has 0 radical (unpaired) electrons. The molecule has 0 unspecified atom stereocenters. The van der Waals surface area contributed by atoms with Crippen LogP contribution in [0.25, 0.3) is 17.1 Å². The number of amides is 1. The molecule has 1 aliphatic carbocycles. The maximum absolute atomic E-state index is 12.4. The lowest BCUT2D eigenvalue weighted by Gasteiger charge is -2.33. The van der Waals surface area contributed by atoms with E-state index < -0.39 is 0 Å². The first-order valence-corrected chi connectivity index (χ1v) is 8.30. The number of likely N-dealkylation sites (N-methyl/N-ethyl adjacent to an activating group) is 1. The van der Waals surface area contributed by atoms with Gasteiger partial charge in [-0.3, -0.25) is 9.78 Å². The number of para-hydroxylation sites is 2. The minimum absolute atomic E-state index is 0.0412. The fraction of sp³-hybridized carbons (Fsp3) is 0.421. The number of carbonyl (C=O) groups excluding carboxylic acids is 1. The molecule has 0 bridgehead atoms. The van der Waals surface area contributed by atoms with Gasteiger partial charge >= 0.3 is 0 Å². The summed E-state index contributed by atoms with van der Waals surface area (Å²) >= 11 is 0. The average molecular weight is 309 g/mol. The van der Waals surface area contributed by atoms with Crippen molar-refractivity contribution in [2.45, 2.75) is 38.6 Å². The molecule has 1 fully saturated rings. The van der Waals surface area contributed by atoms with Crippen LogP contribution < -0.4 is 0 Å². The van der Waals surface area contributed by atoms with Crippen molar-refractivity contribution in [3.8, 4) is 0 Å². The molecule has 1 saturated carbocycles. The largest absolute Gasteiger partial charge is 0.339 e. The molecule has 0 saturated heterocycles. The van der Waals surface area contributed by atoms with E-state index in [1.807, 2.05) is 36.2 Å². The molecule has 1 aromatic carbocycles. The number of carbonyl (C=O) groups is 1. The molecule has 0 N–H and O–H groups in total. The Morgan fingerprint density at radius 1 is 1.17 bits per heavy atom. The molecule has 2 aromatic rings. The quantitative estimate of drug-likeness (QED) is 0.813. The second-order valence-electron chi connectivity index (χ2n) is 6.48. The molecule has 4 nitrogen and oxygen atoms in total. The Kier molecular flexibility index (Phi) is 4.70. The topological polar surface area (TPSA) is 46.1 Å². The van der Waals surface area contributed by atoms with Gasteiger partial charge in [-0.25, -0.2) is 4.98 Å². The van der Waals surface area contributed by atoms with Crippen LogP contribution in [0.4, 0.5) is 0 Å². The van der Waals surface area contributed by atoms with Crippen molar-refractivity contribution in [1.29, 1.82) is 0 Å². The first-order chi connectivity index (χ1) is 11.1. The first kappa shape index (κ1) is 15.7. The van der Waals surface area contributed by atoms with Crippen LogP contribution in [0.1, 0.15) is 38.3 Å². The molecule has 0 spiro atoms. The third-order valence-corrected chi connectivity index (χ3v) is 4.74. The SMILES string of the molecule is CC1CCC(N(C)C(=O)/C=C/c2cnc3ccccc3n2)CC1. The summed E-state index contributed by atoms with van der Waals surface area (Å²) in [7, 11) is 1.90. The van der Waals surface area contributed by atoms with E-state index in [-0.39, 0.29) is 5.91 Å². The summed E-state index contributed by atoms with van der Waals surface area (Å²) in [4.78, 5) is 23.1. The van der Waals surface area contributed by atoms with Crippen molar-refractivity contribution in [2.24, 2.45) is 5.92 Å². The van der Waals surface area contributed by atoms with Crippen LogP contribution in [0, 0.1) is 5.92 Å². The standard InChI is InChI=1S/C19H23N3O/c1-14-7-10-16(11-8-14)22(2)19(23)12-9-15-13-20-17-5-3-4-6-18(17)21-15/h3-6,9,12-14,16H,7-8,10-11H2,1-2H3/b12-9+. The van der Waals surface area contributed by atoms with Crippen LogP contribution in [-0.2, 0) is 4.79 Å². The molecule has 0 atom stereocenters. The molecule has 1 amide bonds. The number of nitrogens with zero attached hydrogens (tertiary/aromatic N) is 3. The fourth-order valence-corrected chi connectivity index (χ4v) is 3.14. The second-order valence-corrected chi connectivity index (χ2v) is 6.48. The highest BCUT2D eigenvalue weighted by molar-refractivity contribution is 5.91. The van der Waals surface area contributed by atoms with E-state index in [1.165, 1.54) is 12.8 Å². The van der Waals surface area contributed by atoms with E-state index in [4.69, 9.17) is 0 Å². The van der Waals surface area contributed by atoms with Crippen LogP contribution in [0.3, 0.4) is 0 Å². The lowest BCUT2D eigenvalue weighted by Crippen LogP contribution is -2.38.